The van der Waals surface area contributed by atoms with Crippen LogP contribution in [0.25, 0.3) is 0 Å². The molecule has 0 aromatic carbocycles. The molecule has 0 saturated carbocycles. The summed E-state index contributed by atoms with van der Waals surface area (Å²) in [5.41, 5.74) is 0. The molecule has 0 unspecified atom stereocenters. The summed E-state index contributed by atoms with van der Waals surface area (Å²) >= 11 is 0. The van der Waals surface area contributed by atoms with Crippen molar-refractivity contribution in [3.05, 3.63) is 0 Å². The highest BCUT2D eigenvalue weighted by Gasteiger charge is 1.91. The Morgan fingerprint density at radius 3 is 2.00 bits per heavy atom. The molecule has 0 saturated heterocycles. The molecular formula is C10H23BO2. The Kier molecular flexibility index (Phi) is 12.0. The highest BCUT2D eigenvalue weighted by Crippen LogP contribution is 2.07. The maximum atomic E-state index is 8.34. The van der Waals surface area contributed by atoms with Gasteiger partial charge in [0.15, 0.2) is 0 Å². The molecular weight excluding hydrogens is 163 g/mol. The van der Waals surface area contributed by atoms with Crippen molar-refractivity contribution in [3.8, 4) is 0 Å². The van der Waals surface area contributed by atoms with Gasteiger partial charge in [-0.15, -0.1) is 0 Å². The molecule has 0 spiro atoms. The van der Waals surface area contributed by atoms with Gasteiger partial charge in [-0.1, -0.05) is 51.9 Å². The number of rotatable bonds is 10. The summed E-state index contributed by atoms with van der Waals surface area (Å²) in [5, 5.41) is 8.34. The fourth-order valence-corrected chi connectivity index (χ4v) is 1.40. The predicted molar refractivity (Wildman–Crippen MR) is 57.9 cm³/mol. The van der Waals surface area contributed by atoms with Crippen molar-refractivity contribution in [2.45, 2.75) is 58.3 Å². The van der Waals surface area contributed by atoms with Gasteiger partial charge in [-0.25, -0.2) is 0 Å². The molecule has 0 atom stereocenters. The molecule has 0 aromatic rings. The van der Waals surface area contributed by atoms with Gasteiger partial charge >= 0.3 is 7.69 Å². The first kappa shape index (κ1) is 13.0. The zero-order chi connectivity index (χ0) is 9.78. The van der Waals surface area contributed by atoms with Crippen molar-refractivity contribution in [3.63, 3.8) is 0 Å². The molecule has 0 aliphatic rings. The molecule has 2 nitrogen and oxygen atoms in total. The SMILES string of the molecule is CCCCCCCCCCOBO. The van der Waals surface area contributed by atoms with E-state index in [1.54, 1.807) is 0 Å². The Balaban J connectivity index is 2.76. The van der Waals surface area contributed by atoms with E-state index in [-0.39, 0.29) is 7.69 Å². The summed E-state index contributed by atoms with van der Waals surface area (Å²) in [6, 6.07) is 0. The van der Waals surface area contributed by atoms with Crippen LogP contribution in [0.4, 0.5) is 0 Å². The van der Waals surface area contributed by atoms with E-state index in [9.17, 15) is 0 Å². The summed E-state index contributed by atoms with van der Waals surface area (Å²) in [6.07, 6.45) is 10.5. The molecule has 1 N–H and O–H groups in total. The molecule has 0 aromatic heterocycles. The van der Waals surface area contributed by atoms with E-state index in [0.717, 1.165) is 6.42 Å². The maximum Gasteiger partial charge on any atom is 0.435 e. The first-order valence-corrected chi connectivity index (χ1v) is 5.60. The lowest BCUT2D eigenvalue weighted by atomic mass is 10.1. The third-order valence-electron chi connectivity index (χ3n) is 2.23. The summed E-state index contributed by atoms with van der Waals surface area (Å²) < 4.78 is 4.83. The van der Waals surface area contributed by atoms with Crippen LogP contribution in [0.1, 0.15) is 58.3 Å². The third-order valence-corrected chi connectivity index (χ3v) is 2.23. The van der Waals surface area contributed by atoms with Gasteiger partial charge in [-0.3, -0.25) is 0 Å². The standard InChI is InChI=1S/C10H23BO2/c1-2-3-4-5-6-7-8-9-10-13-11-12/h11-12H,2-10H2,1H3. The maximum absolute atomic E-state index is 8.34. The Bertz CT molecular complexity index is 79.0. The van der Waals surface area contributed by atoms with Gasteiger partial charge < -0.3 is 9.68 Å². The van der Waals surface area contributed by atoms with Gasteiger partial charge in [0.2, 0.25) is 0 Å². The molecule has 78 valence electrons. The molecule has 0 aliphatic carbocycles. The molecule has 0 rings (SSSR count). The normalized spacial score (nSPS) is 10.3. The largest absolute Gasteiger partial charge is 0.435 e. The van der Waals surface area contributed by atoms with Crippen LogP contribution in [0.15, 0.2) is 0 Å². The van der Waals surface area contributed by atoms with Crippen molar-refractivity contribution < 1.29 is 9.68 Å². The lowest BCUT2D eigenvalue weighted by Gasteiger charge is -2.01. The topological polar surface area (TPSA) is 29.5 Å². The number of unbranched alkanes of at least 4 members (excludes halogenated alkanes) is 7. The number of hydrogen-bond acceptors (Lipinski definition) is 2. The predicted octanol–water partition coefficient (Wildman–Crippen LogP) is 2.40. The van der Waals surface area contributed by atoms with Crippen molar-refractivity contribution in [2.75, 3.05) is 6.61 Å². The van der Waals surface area contributed by atoms with E-state index in [2.05, 4.69) is 6.92 Å². The highest BCUT2D eigenvalue weighted by atomic mass is 16.5. The van der Waals surface area contributed by atoms with E-state index in [1.807, 2.05) is 0 Å². The van der Waals surface area contributed by atoms with Crippen LogP contribution in [-0.2, 0) is 4.65 Å². The second-order valence-corrected chi connectivity index (χ2v) is 3.51. The monoisotopic (exact) mass is 186 g/mol. The minimum atomic E-state index is -0.128. The highest BCUT2D eigenvalue weighted by molar-refractivity contribution is 6.15. The van der Waals surface area contributed by atoms with Crippen LogP contribution in [0.5, 0.6) is 0 Å². The molecule has 3 heteroatoms. The van der Waals surface area contributed by atoms with Crippen LogP contribution in [0.2, 0.25) is 0 Å². The average molecular weight is 186 g/mol. The Labute approximate surface area is 83.0 Å². The summed E-state index contributed by atoms with van der Waals surface area (Å²) in [4.78, 5) is 0. The quantitative estimate of drug-likeness (QED) is 0.419. The molecule has 0 heterocycles. The van der Waals surface area contributed by atoms with Gasteiger partial charge in [-0.2, -0.15) is 0 Å². The van der Waals surface area contributed by atoms with E-state index >= 15 is 0 Å². The van der Waals surface area contributed by atoms with Crippen LogP contribution < -0.4 is 0 Å². The van der Waals surface area contributed by atoms with Crippen molar-refractivity contribution in [2.24, 2.45) is 0 Å². The van der Waals surface area contributed by atoms with E-state index in [4.69, 9.17) is 9.68 Å². The van der Waals surface area contributed by atoms with Crippen molar-refractivity contribution >= 4 is 7.69 Å². The minimum absolute atomic E-state index is 0.128. The molecule has 13 heavy (non-hydrogen) atoms. The first-order chi connectivity index (χ1) is 6.41. The fourth-order valence-electron chi connectivity index (χ4n) is 1.40. The fraction of sp³-hybridized carbons (Fsp3) is 1.00. The van der Waals surface area contributed by atoms with Crippen LogP contribution in [0, 0.1) is 0 Å². The van der Waals surface area contributed by atoms with E-state index < -0.39 is 0 Å². The van der Waals surface area contributed by atoms with Crippen LogP contribution in [0.3, 0.4) is 0 Å². The molecule has 0 aliphatic heterocycles. The zero-order valence-corrected chi connectivity index (χ0v) is 8.93. The smallest absolute Gasteiger partial charge is 0.430 e. The summed E-state index contributed by atoms with van der Waals surface area (Å²) in [7, 11) is -0.128. The van der Waals surface area contributed by atoms with Gasteiger partial charge in [0, 0.05) is 6.61 Å². The van der Waals surface area contributed by atoms with Gasteiger partial charge in [0.25, 0.3) is 0 Å². The van der Waals surface area contributed by atoms with Crippen molar-refractivity contribution in [1.82, 2.24) is 0 Å². The van der Waals surface area contributed by atoms with E-state index in [0.29, 0.717) is 6.61 Å². The molecule has 0 amide bonds. The molecule has 0 fully saturated rings. The summed E-state index contributed by atoms with van der Waals surface area (Å²) in [6.45, 7) is 2.96. The van der Waals surface area contributed by atoms with Gasteiger partial charge in [-0.05, 0) is 6.42 Å². The van der Waals surface area contributed by atoms with Gasteiger partial charge in [0.1, 0.15) is 0 Å². The van der Waals surface area contributed by atoms with Crippen LogP contribution >= 0.6 is 0 Å². The van der Waals surface area contributed by atoms with Crippen molar-refractivity contribution in [1.29, 1.82) is 0 Å². The Morgan fingerprint density at radius 2 is 1.46 bits per heavy atom. The molecule has 0 radical (unpaired) electrons. The zero-order valence-electron chi connectivity index (χ0n) is 8.93. The minimum Gasteiger partial charge on any atom is -0.430 e. The second kappa shape index (κ2) is 12.0. The van der Waals surface area contributed by atoms with Crippen LogP contribution in [-0.4, -0.2) is 19.3 Å². The second-order valence-electron chi connectivity index (χ2n) is 3.51. The van der Waals surface area contributed by atoms with E-state index in [1.165, 1.54) is 44.9 Å². The lowest BCUT2D eigenvalue weighted by Crippen LogP contribution is -1.98. The molecule has 0 bridgehead atoms. The van der Waals surface area contributed by atoms with Gasteiger partial charge in [0.05, 0.1) is 0 Å². The number of hydrogen-bond donors (Lipinski definition) is 1. The third kappa shape index (κ3) is 12.0. The Morgan fingerprint density at radius 1 is 0.923 bits per heavy atom. The first-order valence-electron chi connectivity index (χ1n) is 5.60. The Hall–Kier alpha value is -0.0151. The lowest BCUT2D eigenvalue weighted by molar-refractivity contribution is 0.274. The summed E-state index contributed by atoms with van der Waals surface area (Å²) in [5.74, 6) is 0. The average Bonchev–Trinajstić information content (AvgIpc) is 2.16.